The lowest BCUT2D eigenvalue weighted by Crippen LogP contribution is -2.39. The van der Waals surface area contributed by atoms with Gasteiger partial charge < -0.3 is 9.64 Å². The van der Waals surface area contributed by atoms with Gasteiger partial charge in [-0.25, -0.2) is 9.37 Å². The molecular weight excluding hydrogens is 483 g/mol. The van der Waals surface area contributed by atoms with E-state index in [9.17, 15) is 14.0 Å². The second-order valence-electron chi connectivity index (χ2n) is 11.3. The van der Waals surface area contributed by atoms with Gasteiger partial charge in [-0.15, -0.1) is 0 Å². The number of nitrogens with zero attached hydrogens (tertiary/aromatic N) is 4. The van der Waals surface area contributed by atoms with Crippen molar-refractivity contribution in [2.24, 2.45) is 18.9 Å². The Kier molecular flexibility index (Phi) is 8.21. The Bertz CT molecular complexity index is 1360. The van der Waals surface area contributed by atoms with Gasteiger partial charge in [0.15, 0.2) is 0 Å². The lowest BCUT2D eigenvalue weighted by atomic mass is 9.93. The number of anilines is 1. The van der Waals surface area contributed by atoms with E-state index in [0.29, 0.717) is 36.7 Å². The number of nitriles is 1. The minimum Gasteiger partial charge on any atom is -0.460 e. The fourth-order valence-electron chi connectivity index (χ4n) is 5.15. The molecule has 1 aromatic carbocycles. The number of benzene rings is 1. The van der Waals surface area contributed by atoms with Crippen molar-refractivity contribution in [3.63, 3.8) is 0 Å². The molecule has 4 rings (SSSR count). The van der Waals surface area contributed by atoms with Gasteiger partial charge in [-0.2, -0.15) is 5.26 Å². The lowest BCUT2D eigenvalue weighted by Gasteiger charge is -2.33. The summed E-state index contributed by atoms with van der Waals surface area (Å²) in [6.07, 6.45) is 6.18. The number of esters is 1. The van der Waals surface area contributed by atoms with Crippen LogP contribution in [-0.2, 0) is 16.6 Å². The van der Waals surface area contributed by atoms with Crippen LogP contribution < -0.4 is 10.5 Å². The molecule has 7 nitrogen and oxygen atoms in total. The highest BCUT2D eigenvalue weighted by molar-refractivity contribution is 5.70. The molecule has 0 atom stereocenters. The number of halogens is 1. The number of carbonyl (C=O) groups excluding carboxylic acids is 1. The van der Waals surface area contributed by atoms with Crippen LogP contribution in [0.2, 0.25) is 0 Å². The van der Waals surface area contributed by atoms with Crippen LogP contribution in [0.3, 0.4) is 0 Å². The van der Waals surface area contributed by atoms with Crippen LogP contribution >= 0.6 is 0 Å². The van der Waals surface area contributed by atoms with E-state index in [4.69, 9.17) is 15.0 Å². The van der Waals surface area contributed by atoms with Gasteiger partial charge in [0.1, 0.15) is 23.1 Å². The van der Waals surface area contributed by atoms with Crippen LogP contribution in [0.25, 0.3) is 11.3 Å². The molecule has 1 aromatic heterocycles. The van der Waals surface area contributed by atoms with Crippen molar-refractivity contribution in [1.82, 2.24) is 9.55 Å². The van der Waals surface area contributed by atoms with E-state index in [2.05, 4.69) is 11.8 Å². The molecule has 0 bridgehead atoms. The summed E-state index contributed by atoms with van der Waals surface area (Å²) in [7, 11) is 1.68. The predicted molar refractivity (Wildman–Crippen MR) is 144 cm³/mol. The van der Waals surface area contributed by atoms with Gasteiger partial charge in [0.05, 0.1) is 11.3 Å². The van der Waals surface area contributed by atoms with Crippen LogP contribution in [0.5, 0.6) is 0 Å². The molecule has 1 aliphatic carbocycles. The Balaban J connectivity index is 1.64. The van der Waals surface area contributed by atoms with Gasteiger partial charge in [-0.1, -0.05) is 30.7 Å². The zero-order valence-corrected chi connectivity index (χ0v) is 22.6. The van der Waals surface area contributed by atoms with Gasteiger partial charge in [0, 0.05) is 38.0 Å². The Hall–Kier alpha value is -3.65. The quantitative estimate of drug-likeness (QED) is 0.421. The van der Waals surface area contributed by atoms with E-state index in [0.717, 1.165) is 38.5 Å². The monoisotopic (exact) mass is 518 g/mol. The topological polar surface area (TPSA) is 88.2 Å². The molecule has 1 saturated carbocycles. The number of aromatic nitrogens is 2. The summed E-state index contributed by atoms with van der Waals surface area (Å²) in [5, 5.41) is 9.15. The lowest BCUT2D eigenvalue weighted by molar-refractivity contribution is -0.156. The van der Waals surface area contributed by atoms with Crippen LogP contribution in [0.1, 0.15) is 76.8 Å². The first kappa shape index (κ1) is 27.4. The number of hydrogen-bond acceptors (Lipinski definition) is 6. The van der Waals surface area contributed by atoms with Crippen molar-refractivity contribution in [2.75, 3.05) is 18.0 Å². The average molecular weight is 519 g/mol. The van der Waals surface area contributed by atoms with Gasteiger partial charge in [0.2, 0.25) is 5.95 Å². The molecule has 0 radical (unpaired) electrons. The molecule has 2 heterocycles. The third kappa shape index (κ3) is 6.42. The minimum atomic E-state index is -0.660. The summed E-state index contributed by atoms with van der Waals surface area (Å²) >= 11 is 0. The second-order valence-corrected chi connectivity index (χ2v) is 11.3. The summed E-state index contributed by atoms with van der Waals surface area (Å²) < 4.78 is 21.6. The molecule has 200 valence electrons. The summed E-state index contributed by atoms with van der Waals surface area (Å²) in [4.78, 5) is 32.7. The number of rotatable bonds is 4. The summed E-state index contributed by atoms with van der Waals surface area (Å²) in [5.74, 6) is 6.40. The Morgan fingerprint density at radius 1 is 1.18 bits per heavy atom. The molecule has 0 amide bonds. The van der Waals surface area contributed by atoms with E-state index in [1.165, 1.54) is 16.7 Å². The van der Waals surface area contributed by atoms with Crippen LogP contribution in [0, 0.1) is 40.8 Å². The van der Waals surface area contributed by atoms with Crippen molar-refractivity contribution in [2.45, 2.75) is 71.3 Å². The van der Waals surface area contributed by atoms with Crippen LogP contribution in [0.4, 0.5) is 10.3 Å². The van der Waals surface area contributed by atoms with E-state index in [-0.39, 0.29) is 34.5 Å². The fraction of sp³-hybridized carbons (Fsp3) is 0.533. The zero-order chi connectivity index (χ0) is 27.4. The molecule has 2 aromatic rings. The largest absolute Gasteiger partial charge is 0.460 e. The molecular formula is C30H35FN4O3. The van der Waals surface area contributed by atoms with Crippen molar-refractivity contribution in [3.8, 4) is 29.2 Å². The summed E-state index contributed by atoms with van der Waals surface area (Å²) in [5.41, 5.74) is 0.125. The number of carbonyl (C=O) groups is 1. The molecule has 8 heteroatoms. The van der Waals surface area contributed by atoms with E-state index >= 15 is 0 Å². The smallest absolute Gasteiger partial charge is 0.306 e. The molecule has 1 aliphatic heterocycles. The van der Waals surface area contributed by atoms with Gasteiger partial charge in [0.25, 0.3) is 5.56 Å². The molecule has 2 fully saturated rings. The van der Waals surface area contributed by atoms with Gasteiger partial charge in [-0.05, 0) is 64.5 Å². The number of hydrogen-bond donors (Lipinski definition) is 0. The molecule has 0 unspecified atom stereocenters. The standard InChI is InChI=1S/C30H35FN4O3/c1-30(2,3)38-26(36)17-21-13-15-35(16-14-21)29-33-27(22-10-11-23(19-32)25(31)18-22)24(28(37)34(29)4)12-9-20-7-5-6-8-20/h10-11,18,20-21H,5-8,13-17H2,1-4H3. The third-order valence-electron chi connectivity index (χ3n) is 7.16. The zero-order valence-electron chi connectivity index (χ0n) is 22.6. The summed E-state index contributed by atoms with van der Waals surface area (Å²) in [6, 6.07) is 6.10. The fourth-order valence-corrected chi connectivity index (χ4v) is 5.15. The third-order valence-corrected chi connectivity index (χ3v) is 7.16. The minimum absolute atomic E-state index is 0.0662. The first-order chi connectivity index (χ1) is 18.1. The predicted octanol–water partition coefficient (Wildman–Crippen LogP) is 4.95. The maximum atomic E-state index is 14.6. The Morgan fingerprint density at radius 3 is 2.47 bits per heavy atom. The number of ether oxygens (including phenoxy) is 1. The normalized spacial score (nSPS) is 16.6. The first-order valence-electron chi connectivity index (χ1n) is 13.3. The van der Waals surface area contributed by atoms with Crippen molar-refractivity contribution < 1.29 is 13.9 Å². The highest BCUT2D eigenvalue weighted by Crippen LogP contribution is 2.29. The van der Waals surface area contributed by atoms with Crippen molar-refractivity contribution >= 4 is 11.9 Å². The highest BCUT2D eigenvalue weighted by atomic mass is 19.1. The van der Waals surface area contributed by atoms with Gasteiger partial charge in [-0.3, -0.25) is 14.2 Å². The molecule has 2 aliphatic rings. The molecule has 0 spiro atoms. The van der Waals surface area contributed by atoms with Crippen LogP contribution in [0.15, 0.2) is 23.0 Å². The van der Waals surface area contributed by atoms with Crippen molar-refractivity contribution in [3.05, 3.63) is 45.5 Å². The van der Waals surface area contributed by atoms with E-state index in [1.54, 1.807) is 13.1 Å². The maximum Gasteiger partial charge on any atom is 0.306 e. The maximum absolute atomic E-state index is 14.6. The molecule has 0 N–H and O–H groups in total. The van der Waals surface area contributed by atoms with E-state index in [1.807, 2.05) is 31.7 Å². The van der Waals surface area contributed by atoms with Gasteiger partial charge >= 0.3 is 5.97 Å². The first-order valence-corrected chi connectivity index (χ1v) is 13.3. The SMILES string of the molecule is Cn1c(N2CCC(CC(=O)OC(C)(C)C)CC2)nc(-c2ccc(C#N)c(F)c2)c(C#CC2CCCC2)c1=O. The summed E-state index contributed by atoms with van der Waals surface area (Å²) in [6.45, 7) is 6.83. The average Bonchev–Trinajstić information content (AvgIpc) is 3.38. The highest BCUT2D eigenvalue weighted by Gasteiger charge is 2.27. The second kappa shape index (κ2) is 11.4. The number of piperidine rings is 1. The Labute approximate surface area is 223 Å². The van der Waals surface area contributed by atoms with Crippen molar-refractivity contribution in [1.29, 1.82) is 5.26 Å². The Morgan fingerprint density at radius 2 is 1.87 bits per heavy atom. The molecule has 38 heavy (non-hydrogen) atoms. The molecule has 1 saturated heterocycles. The van der Waals surface area contributed by atoms with Crippen LogP contribution in [-0.4, -0.2) is 34.2 Å². The van der Waals surface area contributed by atoms with E-state index < -0.39 is 11.4 Å².